The van der Waals surface area contributed by atoms with Gasteiger partial charge in [0, 0.05) is 10.9 Å². The molecule has 0 unspecified atom stereocenters. The minimum Gasteiger partial charge on any atom is -0.465 e. The molecule has 5 nitrogen and oxygen atoms in total. The van der Waals surface area contributed by atoms with E-state index < -0.39 is 5.97 Å². The predicted molar refractivity (Wildman–Crippen MR) is 102 cm³/mol. The maximum Gasteiger partial charge on any atom is 0.339 e. The first kappa shape index (κ1) is 17.1. The number of benzene rings is 2. The molecule has 0 aliphatic carbocycles. The Hall–Kier alpha value is -2.70. The third-order valence-electron chi connectivity index (χ3n) is 3.35. The first-order valence-corrected chi connectivity index (χ1v) is 8.61. The molecule has 0 spiro atoms. The van der Waals surface area contributed by atoms with Crippen LogP contribution in [0.3, 0.4) is 0 Å². The maximum atomic E-state index is 11.5. The Balaban J connectivity index is 1.67. The monoisotopic (exact) mass is 371 g/mol. The molecule has 3 aromatic rings. The van der Waals surface area contributed by atoms with E-state index in [1.165, 1.54) is 18.4 Å². The highest BCUT2D eigenvalue weighted by atomic mass is 35.5. The maximum absolute atomic E-state index is 11.5. The van der Waals surface area contributed by atoms with Crippen LogP contribution < -0.4 is 5.43 Å². The molecule has 0 amide bonds. The number of hydrazone groups is 1. The predicted octanol–water partition coefficient (Wildman–Crippen LogP) is 4.70. The summed E-state index contributed by atoms with van der Waals surface area (Å²) in [6, 6.07) is 14.9. The van der Waals surface area contributed by atoms with Gasteiger partial charge in [0.05, 0.1) is 29.6 Å². The third kappa shape index (κ3) is 4.23. The van der Waals surface area contributed by atoms with Crippen molar-refractivity contribution in [3.05, 3.63) is 70.1 Å². The summed E-state index contributed by atoms with van der Waals surface area (Å²) in [4.78, 5) is 16.0. The highest BCUT2D eigenvalue weighted by molar-refractivity contribution is 7.14. The van der Waals surface area contributed by atoms with Gasteiger partial charge in [-0.15, -0.1) is 11.3 Å². The van der Waals surface area contributed by atoms with E-state index in [-0.39, 0.29) is 0 Å². The van der Waals surface area contributed by atoms with Gasteiger partial charge in [-0.3, -0.25) is 5.43 Å². The van der Waals surface area contributed by atoms with Gasteiger partial charge in [0.1, 0.15) is 0 Å². The molecule has 0 saturated heterocycles. The second-order valence-electron chi connectivity index (χ2n) is 5.00. The standard InChI is InChI=1S/C18H14ClN3O2S/c1-24-17(23)14-8-7-12(9-15(14)19)10-20-22-18-21-16(11-25-18)13-5-3-2-4-6-13/h2-11H,1H3,(H,21,22). The molecule has 1 N–H and O–H groups in total. The highest BCUT2D eigenvalue weighted by Crippen LogP contribution is 2.24. The van der Waals surface area contributed by atoms with Crippen LogP contribution in [0.25, 0.3) is 11.3 Å². The number of methoxy groups -OCH3 is 1. The van der Waals surface area contributed by atoms with Crippen molar-refractivity contribution in [1.29, 1.82) is 0 Å². The van der Waals surface area contributed by atoms with Gasteiger partial charge in [-0.05, 0) is 17.7 Å². The lowest BCUT2D eigenvalue weighted by Gasteiger charge is -2.02. The Bertz CT molecular complexity index is 910. The van der Waals surface area contributed by atoms with E-state index in [0.29, 0.717) is 15.7 Å². The number of nitrogens with zero attached hydrogens (tertiary/aromatic N) is 2. The average Bonchev–Trinajstić information content (AvgIpc) is 3.11. The molecule has 25 heavy (non-hydrogen) atoms. The molecule has 0 aliphatic rings. The Labute approximate surface area is 153 Å². The summed E-state index contributed by atoms with van der Waals surface area (Å²) in [5, 5.41) is 7.12. The zero-order chi connectivity index (χ0) is 17.6. The zero-order valence-corrected chi connectivity index (χ0v) is 14.8. The number of hydrogen-bond donors (Lipinski definition) is 1. The van der Waals surface area contributed by atoms with E-state index in [1.54, 1.807) is 24.4 Å². The van der Waals surface area contributed by atoms with Crippen molar-refractivity contribution < 1.29 is 9.53 Å². The molecule has 126 valence electrons. The topological polar surface area (TPSA) is 63.6 Å². The van der Waals surface area contributed by atoms with E-state index in [4.69, 9.17) is 11.6 Å². The Morgan fingerprint density at radius 1 is 1.28 bits per heavy atom. The summed E-state index contributed by atoms with van der Waals surface area (Å²) in [6.45, 7) is 0. The zero-order valence-electron chi connectivity index (χ0n) is 13.3. The van der Waals surface area contributed by atoms with E-state index in [2.05, 4.69) is 20.2 Å². The number of rotatable bonds is 5. The van der Waals surface area contributed by atoms with Crippen molar-refractivity contribution in [2.45, 2.75) is 0 Å². The molecule has 1 heterocycles. The normalized spacial score (nSPS) is 10.8. The SMILES string of the molecule is COC(=O)c1ccc(C=NNc2nc(-c3ccccc3)cs2)cc1Cl. The largest absolute Gasteiger partial charge is 0.465 e. The number of carbonyl (C=O) groups is 1. The Morgan fingerprint density at radius 2 is 2.08 bits per heavy atom. The summed E-state index contributed by atoms with van der Waals surface area (Å²) in [6.07, 6.45) is 1.61. The van der Waals surface area contributed by atoms with Crippen LogP contribution in [0.1, 0.15) is 15.9 Å². The van der Waals surface area contributed by atoms with Crippen LogP contribution >= 0.6 is 22.9 Å². The van der Waals surface area contributed by atoms with E-state index >= 15 is 0 Å². The lowest BCUT2D eigenvalue weighted by molar-refractivity contribution is 0.0601. The number of esters is 1. The molecule has 2 aromatic carbocycles. The fraction of sp³-hybridized carbons (Fsp3) is 0.0556. The lowest BCUT2D eigenvalue weighted by atomic mass is 10.1. The first-order chi connectivity index (χ1) is 12.2. The molecule has 0 atom stereocenters. The number of nitrogens with one attached hydrogen (secondary N) is 1. The fourth-order valence-electron chi connectivity index (χ4n) is 2.12. The Kier molecular flexibility index (Phi) is 5.42. The summed E-state index contributed by atoms with van der Waals surface area (Å²) < 4.78 is 4.66. The van der Waals surface area contributed by atoms with Gasteiger partial charge < -0.3 is 4.74 Å². The van der Waals surface area contributed by atoms with Crippen LogP contribution in [0.15, 0.2) is 59.0 Å². The molecular weight excluding hydrogens is 358 g/mol. The number of halogens is 1. The van der Waals surface area contributed by atoms with Gasteiger partial charge in [0.25, 0.3) is 0 Å². The van der Waals surface area contributed by atoms with Crippen molar-refractivity contribution in [2.24, 2.45) is 5.10 Å². The lowest BCUT2D eigenvalue weighted by Crippen LogP contribution is -2.02. The van der Waals surface area contributed by atoms with Gasteiger partial charge in [0.2, 0.25) is 5.13 Å². The molecule has 7 heteroatoms. The summed E-state index contributed by atoms with van der Waals surface area (Å²) >= 11 is 7.55. The van der Waals surface area contributed by atoms with Crippen LogP contribution in [0.2, 0.25) is 5.02 Å². The van der Waals surface area contributed by atoms with Crippen LogP contribution in [0.4, 0.5) is 5.13 Å². The van der Waals surface area contributed by atoms with Crippen LogP contribution in [0.5, 0.6) is 0 Å². The van der Waals surface area contributed by atoms with Crippen molar-refractivity contribution in [2.75, 3.05) is 12.5 Å². The molecule has 0 aliphatic heterocycles. The van der Waals surface area contributed by atoms with Crippen molar-refractivity contribution in [3.63, 3.8) is 0 Å². The van der Waals surface area contributed by atoms with Crippen LogP contribution in [-0.2, 0) is 4.74 Å². The van der Waals surface area contributed by atoms with Crippen molar-refractivity contribution in [1.82, 2.24) is 4.98 Å². The minimum atomic E-state index is -0.470. The highest BCUT2D eigenvalue weighted by Gasteiger charge is 2.10. The molecule has 0 radical (unpaired) electrons. The third-order valence-corrected chi connectivity index (χ3v) is 4.41. The second kappa shape index (κ2) is 7.92. The van der Waals surface area contributed by atoms with Crippen molar-refractivity contribution in [3.8, 4) is 11.3 Å². The minimum absolute atomic E-state index is 0.316. The number of thiazole rings is 1. The van der Waals surface area contributed by atoms with Gasteiger partial charge in [-0.1, -0.05) is 48.0 Å². The first-order valence-electron chi connectivity index (χ1n) is 7.35. The molecule has 1 aromatic heterocycles. The quantitative estimate of drug-likeness (QED) is 0.401. The molecule has 3 rings (SSSR count). The molecular formula is C18H14ClN3O2S. The smallest absolute Gasteiger partial charge is 0.339 e. The fourth-order valence-corrected chi connectivity index (χ4v) is 3.05. The average molecular weight is 372 g/mol. The van der Waals surface area contributed by atoms with Crippen LogP contribution in [0, 0.1) is 0 Å². The number of anilines is 1. The van der Waals surface area contributed by atoms with E-state index in [9.17, 15) is 4.79 Å². The van der Waals surface area contributed by atoms with Crippen LogP contribution in [-0.4, -0.2) is 24.3 Å². The number of hydrogen-bond acceptors (Lipinski definition) is 6. The number of carbonyl (C=O) groups excluding carboxylic acids is 1. The Morgan fingerprint density at radius 3 is 2.80 bits per heavy atom. The van der Waals surface area contributed by atoms with E-state index in [0.717, 1.165) is 16.8 Å². The molecule has 0 saturated carbocycles. The van der Waals surface area contributed by atoms with E-state index in [1.807, 2.05) is 35.7 Å². The van der Waals surface area contributed by atoms with Gasteiger partial charge in [0.15, 0.2) is 0 Å². The summed E-state index contributed by atoms with van der Waals surface area (Å²) in [5.41, 5.74) is 5.92. The summed E-state index contributed by atoms with van der Waals surface area (Å²) in [5.74, 6) is -0.470. The van der Waals surface area contributed by atoms with Gasteiger partial charge in [-0.2, -0.15) is 5.10 Å². The number of ether oxygens (including phenoxy) is 1. The van der Waals surface area contributed by atoms with Crippen molar-refractivity contribution >= 4 is 40.3 Å². The summed E-state index contributed by atoms with van der Waals surface area (Å²) in [7, 11) is 1.32. The number of aromatic nitrogens is 1. The molecule has 0 fully saturated rings. The second-order valence-corrected chi connectivity index (χ2v) is 6.27. The van der Waals surface area contributed by atoms with Gasteiger partial charge in [-0.25, -0.2) is 9.78 Å². The molecule has 0 bridgehead atoms. The van der Waals surface area contributed by atoms with Gasteiger partial charge >= 0.3 is 5.97 Å².